The topological polar surface area (TPSA) is 110 Å². The van der Waals surface area contributed by atoms with Gasteiger partial charge in [0.1, 0.15) is 12.2 Å². The number of carbonyl (C=O) groups excluding carboxylic acids is 1. The Morgan fingerprint density at radius 1 is 0.387 bits per heavy atom. The predicted octanol–water partition coefficient (Wildman–Crippen LogP) is 15.9. The fraction of sp³-hybridized carbons (Fsp3) is 0.911. The van der Waals surface area contributed by atoms with Crippen molar-refractivity contribution in [2.45, 2.75) is 321 Å². The van der Waals surface area contributed by atoms with Crippen LogP contribution in [0.3, 0.4) is 0 Å². The van der Waals surface area contributed by atoms with Gasteiger partial charge < -0.3 is 25.7 Å². The Morgan fingerprint density at radius 2 is 0.661 bits per heavy atom. The molecule has 6 heteroatoms. The Labute approximate surface area is 386 Å². The van der Waals surface area contributed by atoms with Crippen molar-refractivity contribution in [3.8, 4) is 0 Å². The van der Waals surface area contributed by atoms with E-state index in [4.69, 9.17) is 0 Å². The lowest BCUT2D eigenvalue weighted by Gasteiger charge is -2.27. The Hall–Kier alpha value is -1.21. The zero-order chi connectivity index (χ0) is 45.2. The highest BCUT2D eigenvalue weighted by Crippen LogP contribution is 2.17. The molecule has 0 spiro atoms. The SMILES string of the molecule is CCCCCCCCCCC/C=C\CCCCCCCCC(O)C(=O)NC(CO)C(O)C(O)CCC/C=C/CCCCCCCCCCCCCCCCCCCCCCCC. The van der Waals surface area contributed by atoms with Crippen LogP contribution in [0.4, 0.5) is 0 Å². The van der Waals surface area contributed by atoms with E-state index in [1.807, 2.05) is 0 Å². The fourth-order valence-electron chi connectivity index (χ4n) is 8.75. The highest BCUT2D eigenvalue weighted by molar-refractivity contribution is 5.80. The zero-order valence-electron chi connectivity index (χ0n) is 41.6. The third-order valence-corrected chi connectivity index (χ3v) is 13.1. The summed E-state index contributed by atoms with van der Waals surface area (Å²) in [6.45, 7) is 4.07. The number of hydrogen-bond acceptors (Lipinski definition) is 5. The molecule has 0 fully saturated rings. The van der Waals surface area contributed by atoms with Gasteiger partial charge in [0.05, 0.1) is 18.8 Å². The molecule has 0 aliphatic heterocycles. The summed E-state index contributed by atoms with van der Waals surface area (Å²) in [6.07, 6.45) is 61.0. The molecule has 0 aromatic rings. The van der Waals surface area contributed by atoms with Crippen LogP contribution in [0.2, 0.25) is 0 Å². The van der Waals surface area contributed by atoms with Crippen molar-refractivity contribution in [2.24, 2.45) is 0 Å². The van der Waals surface area contributed by atoms with E-state index in [2.05, 4.69) is 43.5 Å². The summed E-state index contributed by atoms with van der Waals surface area (Å²) in [6, 6.07) is -1.00. The second kappa shape index (κ2) is 50.8. The van der Waals surface area contributed by atoms with E-state index in [0.717, 1.165) is 44.9 Å². The van der Waals surface area contributed by atoms with E-state index in [1.54, 1.807) is 0 Å². The Kier molecular flexibility index (Phi) is 49.8. The van der Waals surface area contributed by atoms with Crippen LogP contribution >= 0.6 is 0 Å². The molecule has 0 rings (SSSR count). The quantitative estimate of drug-likeness (QED) is 0.0309. The lowest BCUT2D eigenvalue weighted by atomic mass is 10.00. The molecule has 62 heavy (non-hydrogen) atoms. The normalized spacial score (nSPS) is 14.0. The number of rotatable bonds is 51. The molecule has 0 heterocycles. The highest BCUT2D eigenvalue weighted by Gasteiger charge is 2.28. The van der Waals surface area contributed by atoms with Crippen LogP contribution < -0.4 is 5.32 Å². The highest BCUT2D eigenvalue weighted by atomic mass is 16.3. The first-order valence-electron chi connectivity index (χ1n) is 27.7. The van der Waals surface area contributed by atoms with Crippen molar-refractivity contribution in [3.05, 3.63) is 24.3 Å². The summed E-state index contributed by atoms with van der Waals surface area (Å²) in [5.74, 6) is -0.595. The van der Waals surface area contributed by atoms with E-state index in [1.165, 1.54) is 225 Å². The average molecular weight is 876 g/mol. The van der Waals surface area contributed by atoms with Gasteiger partial charge in [-0.3, -0.25) is 4.79 Å². The van der Waals surface area contributed by atoms with Gasteiger partial charge in [-0.1, -0.05) is 256 Å². The second-order valence-corrected chi connectivity index (χ2v) is 19.3. The summed E-state index contributed by atoms with van der Waals surface area (Å²) in [4.78, 5) is 12.6. The first-order chi connectivity index (χ1) is 30.5. The van der Waals surface area contributed by atoms with E-state index in [-0.39, 0.29) is 0 Å². The fourth-order valence-corrected chi connectivity index (χ4v) is 8.75. The van der Waals surface area contributed by atoms with Gasteiger partial charge in [0, 0.05) is 0 Å². The molecule has 6 nitrogen and oxygen atoms in total. The smallest absolute Gasteiger partial charge is 0.249 e. The minimum atomic E-state index is -1.28. The molecule has 0 bridgehead atoms. The van der Waals surface area contributed by atoms with Crippen LogP contribution in [-0.4, -0.2) is 57.3 Å². The van der Waals surface area contributed by atoms with Crippen LogP contribution in [0.1, 0.15) is 296 Å². The van der Waals surface area contributed by atoms with E-state index in [9.17, 15) is 25.2 Å². The number of amides is 1. The average Bonchev–Trinajstić information content (AvgIpc) is 3.28. The van der Waals surface area contributed by atoms with Gasteiger partial charge in [-0.05, 0) is 64.2 Å². The Balaban J connectivity index is 3.65. The molecule has 0 aliphatic rings. The number of nitrogens with one attached hydrogen (secondary N) is 1. The molecule has 368 valence electrons. The number of allylic oxidation sites excluding steroid dienone is 4. The molecule has 0 aliphatic carbocycles. The third-order valence-electron chi connectivity index (χ3n) is 13.1. The maximum Gasteiger partial charge on any atom is 0.249 e. The molecule has 1 amide bonds. The first kappa shape index (κ1) is 60.8. The van der Waals surface area contributed by atoms with Crippen molar-refractivity contribution in [3.63, 3.8) is 0 Å². The van der Waals surface area contributed by atoms with Gasteiger partial charge in [0.15, 0.2) is 0 Å². The molecule has 5 N–H and O–H groups in total. The molecule has 0 saturated heterocycles. The van der Waals surface area contributed by atoms with E-state index < -0.39 is 36.9 Å². The van der Waals surface area contributed by atoms with Crippen molar-refractivity contribution in [2.75, 3.05) is 6.61 Å². The number of hydrogen-bond donors (Lipinski definition) is 5. The zero-order valence-corrected chi connectivity index (χ0v) is 41.6. The maximum absolute atomic E-state index is 12.6. The summed E-state index contributed by atoms with van der Waals surface area (Å²) >= 11 is 0. The molecule has 0 aromatic heterocycles. The number of aliphatic hydroxyl groups excluding tert-OH is 4. The van der Waals surface area contributed by atoms with Crippen LogP contribution in [0.15, 0.2) is 24.3 Å². The summed E-state index contributed by atoms with van der Waals surface area (Å²) in [5.41, 5.74) is 0. The number of aliphatic hydroxyl groups is 4. The van der Waals surface area contributed by atoms with Crippen LogP contribution in [0.25, 0.3) is 0 Å². The minimum absolute atomic E-state index is 0.357. The monoisotopic (exact) mass is 876 g/mol. The van der Waals surface area contributed by atoms with Crippen LogP contribution in [-0.2, 0) is 4.79 Å². The van der Waals surface area contributed by atoms with Gasteiger partial charge >= 0.3 is 0 Å². The van der Waals surface area contributed by atoms with Crippen LogP contribution in [0, 0.1) is 0 Å². The van der Waals surface area contributed by atoms with E-state index in [0.29, 0.717) is 12.8 Å². The van der Waals surface area contributed by atoms with Crippen molar-refractivity contribution in [1.82, 2.24) is 5.32 Å². The lowest BCUT2D eigenvalue weighted by molar-refractivity contribution is -0.132. The van der Waals surface area contributed by atoms with Gasteiger partial charge in [-0.15, -0.1) is 0 Å². The number of unbranched alkanes of at least 4 members (excludes halogenated alkanes) is 38. The Morgan fingerprint density at radius 3 is 0.968 bits per heavy atom. The van der Waals surface area contributed by atoms with Gasteiger partial charge in [0.2, 0.25) is 5.91 Å². The first-order valence-corrected chi connectivity index (χ1v) is 27.7. The lowest BCUT2D eigenvalue weighted by Crippen LogP contribution is -2.53. The summed E-state index contributed by atoms with van der Waals surface area (Å²) in [5, 5.41) is 43.9. The molecule has 0 radical (unpaired) electrons. The molecule has 0 saturated carbocycles. The summed E-state index contributed by atoms with van der Waals surface area (Å²) in [7, 11) is 0. The largest absolute Gasteiger partial charge is 0.394 e. The molecule has 0 aromatic carbocycles. The maximum atomic E-state index is 12.6. The standard InChI is InChI=1S/C56H109NO5/c1-3-5-7-9-11-13-15-17-19-21-23-24-25-26-27-28-29-30-32-33-35-37-39-41-43-45-47-49-53(59)55(61)52(51-58)57-56(62)54(60)50-48-46-44-42-40-38-36-34-31-22-20-18-16-14-12-10-8-6-4-2/h31,34,41,43,52-55,58-61H,3-30,32-33,35-40,42,44-51H2,1-2H3,(H,57,62)/b34-31-,43-41+. The van der Waals surface area contributed by atoms with E-state index >= 15 is 0 Å². The minimum Gasteiger partial charge on any atom is -0.394 e. The molecular formula is C56H109NO5. The molecule has 4 atom stereocenters. The predicted molar refractivity (Wildman–Crippen MR) is 270 cm³/mol. The van der Waals surface area contributed by atoms with Crippen molar-refractivity contribution < 1.29 is 25.2 Å². The van der Waals surface area contributed by atoms with Crippen molar-refractivity contribution >= 4 is 5.91 Å². The molecule has 4 unspecified atom stereocenters. The molecular weight excluding hydrogens is 767 g/mol. The van der Waals surface area contributed by atoms with Gasteiger partial charge in [0.25, 0.3) is 0 Å². The Bertz CT molecular complexity index is 939. The van der Waals surface area contributed by atoms with Gasteiger partial charge in [-0.25, -0.2) is 0 Å². The third kappa shape index (κ3) is 44.0. The van der Waals surface area contributed by atoms with Gasteiger partial charge in [-0.2, -0.15) is 0 Å². The van der Waals surface area contributed by atoms with Crippen LogP contribution in [0.5, 0.6) is 0 Å². The van der Waals surface area contributed by atoms with Crippen molar-refractivity contribution in [1.29, 1.82) is 0 Å². The number of carbonyl (C=O) groups is 1. The second-order valence-electron chi connectivity index (χ2n) is 19.3. The summed E-state index contributed by atoms with van der Waals surface area (Å²) < 4.78 is 0.